The Morgan fingerprint density at radius 2 is 1.90 bits per heavy atom. The summed E-state index contributed by atoms with van der Waals surface area (Å²) in [5, 5.41) is 27.2. The van der Waals surface area contributed by atoms with Gasteiger partial charge in [-0.1, -0.05) is 46.9 Å². The average molecular weight is 486 g/mol. The summed E-state index contributed by atoms with van der Waals surface area (Å²) in [7, 11) is 0. The van der Waals surface area contributed by atoms with Gasteiger partial charge in [0.05, 0.1) is 20.7 Å². The Bertz CT molecular complexity index is 1170. The number of carboxylic acids is 1. The van der Waals surface area contributed by atoms with Crippen LogP contribution in [0.2, 0.25) is 15.1 Å². The summed E-state index contributed by atoms with van der Waals surface area (Å²) in [5.74, 6) is -1.28. The molecule has 1 aromatic heterocycles. The van der Waals surface area contributed by atoms with E-state index in [4.69, 9.17) is 34.8 Å². The second-order valence-corrected chi connectivity index (χ2v) is 7.94. The molecule has 3 rings (SSSR count). The smallest absolute Gasteiger partial charge is 0.352 e. The lowest BCUT2D eigenvalue weighted by atomic mass is 10.1. The van der Waals surface area contributed by atoms with E-state index in [9.17, 15) is 20.0 Å². The fraction of sp³-hybridized carbons (Fsp3) is 0.0556. The number of anilines is 1. The molecule has 0 aliphatic carbocycles. The van der Waals surface area contributed by atoms with Gasteiger partial charge in [0.2, 0.25) is 5.13 Å². The van der Waals surface area contributed by atoms with Crippen LogP contribution in [-0.2, 0) is 11.2 Å². The van der Waals surface area contributed by atoms with Crippen LogP contribution in [0.5, 0.6) is 0 Å². The van der Waals surface area contributed by atoms with E-state index >= 15 is 0 Å². The van der Waals surface area contributed by atoms with Gasteiger partial charge in [0.15, 0.2) is 0 Å². The zero-order valence-corrected chi connectivity index (χ0v) is 17.9. The number of aliphatic carboxylic acids is 1. The van der Waals surface area contributed by atoms with Gasteiger partial charge >= 0.3 is 5.97 Å². The van der Waals surface area contributed by atoms with Gasteiger partial charge in [-0.05, 0) is 23.8 Å². The van der Waals surface area contributed by atoms with Crippen molar-refractivity contribution in [2.24, 2.45) is 5.10 Å². The van der Waals surface area contributed by atoms with Crippen molar-refractivity contribution in [3.63, 3.8) is 0 Å². The van der Waals surface area contributed by atoms with Crippen molar-refractivity contribution in [3.05, 3.63) is 72.5 Å². The molecule has 8 nitrogen and oxygen atoms in total. The van der Waals surface area contributed by atoms with Crippen LogP contribution < -0.4 is 5.43 Å². The third-order valence-electron chi connectivity index (χ3n) is 3.83. The summed E-state index contributed by atoms with van der Waals surface area (Å²) in [4.78, 5) is 26.2. The highest BCUT2D eigenvalue weighted by Gasteiger charge is 2.17. The molecule has 0 aliphatic rings. The van der Waals surface area contributed by atoms with Crippen molar-refractivity contribution in [1.29, 1.82) is 0 Å². The normalized spacial score (nSPS) is 11.4. The van der Waals surface area contributed by atoms with Crippen molar-refractivity contribution in [2.75, 3.05) is 5.43 Å². The number of hydrazone groups is 1. The number of aromatic nitrogens is 1. The molecule has 0 aliphatic heterocycles. The number of carbonyl (C=O) groups is 1. The first-order chi connectivity index (χ1) is 14.2. The number of thiazole rings is 1. The SMILES string of the molecule is O=C(O)/C(Cc1ccc(Cl)c([N+](=O)[O-])c1)=N/Nc1nc(-c2ccc(Cl)c(Cl)c2)cs1. The molecule has 1 heterocycles. The number of carboxylic acid groups (broad SMARTS) is 1. The first kappa shape index (κ1) is 22.0. The predicted octanol–water partition coefficient (Wildman–Crippen LogP) is 5.77. The lowest BCUT2D eigenvalue weighted by Gasteiger charge is -2.04. The quantitative estimate of drug-likeness (QED) is 0.249. The third-order valence-corrected chi connectivity index (χ3v) is 5.64. The monoisotopic (exact) mass is 484 g/mol. The molecule has 30 heavy (non-hydrogen) atoms. The fourth-order valence-corrected chi connectivity index (χ4v) is 3.54. The molecule has 0 bridgehead atoms. The Hall–Kier alpha value is -2.72. The van der Waals surface area contributed by atoms with E-state index in [1.165, 1.54) is 29.5 Å². The maximum atomic E-state index is 11.5. The number of hydrogen-bond donors (Lipinski definition) is 2. The van der Waals surface area contributed by atoms with Gasteiger partial charge in [0.1, 0.15) is 10.7 Å². The van der Waals surface area contributed by atoms with Gasteiger partial charge in [-0.25, -0.2) is 9.78 Å². The maximum Gasteiger partial charge on any atom is 0.352 e. The number of nitro groups is 1. The van der Waals surface area contributed by atoms with Crippen LogP contribution in [0.25, 0.3) is 11.3 Å². The van der Waals surface area contributed by atoms with Crippen LogP contribution in [0.3, 0.4) is 0 Å². The third kappa shape index (κ3) is 5.25. The molecule has 3 aromatic rings. The molecule has 0 atom stereocenters. The van der Waals surface area contributed by atoms with Gasteiger partial charge in [-0.15, -0.1) is 11.3 Å². The van der Waals surface area contributed by atoms with Gasteiger partial charge in [0.25, 0.3) is 5.69 Å². The summed E-state index contributed by atoms with van der Waals surface area (Å²) in [6.07, 6.45) is -0.147. The van der Waals surface area contributed by atoms with Crippen LogP contribution in [0.4, 0.5) is 10.8 Å². The van der Waals surface area contributed by atoms with Crippen LogP contribution in [0.15, 0.2) is 46.9 Å². The van der Waals surface area contributed by atoms with Crippen LogP contribution in [-0.4, -0.2) is 26.7 Å². The molecular formula is C18H11Cl3N4O4S. The van der Waals surface area contributed by atoms with Gasteiger partial charge in [-0.2, -0.15) is 5.10 Å². The minimum absolute atomic E-state index is 0.0340. The van der Waals surface area contributed by atoms with E-state index < -0.39 is 10.9 Å². The molecule has 0 saturated heterocycles. The number of benzene rings is 2. The van der Waals surface area contributed by atoms with Crippen molar-refractivity contribution < 1.29 is 14.8 Å². The van der Waals surface area contributed by atoms with E-state index in [0.29, 0.717) is 26.4 Å². The van der Waals surface area contributed by atoms with E-state index in [2.05, 4.69) is 15.5 Å². The maximum absolute atomic E-state index is 11.5. The summed E-state index contributed by atoms with van der Waals surface area (Å²) in [6, 6.07) is 9.13. The number of nitrogens with one attached hydrogen (secondary N) is 1. The lowest BCUT2D eigenvalue weighted by Crippen LogP contribution is -2.17. The number of rotatable bonds is 7. The predicted molar refractivity (Wildman–Crippen MR) is 118 cm³/mol. The van der Waals surface area contributed by atoms with E-state index in [-0.39, 0.29) is 22.8 Å². The number of nitrogens with zero attached hydrogens (tertiary/aromatic N) is 3. The molecule has 12 heteroatoms. The molecule has 0 spiro atoms. The van der Waals surface area contributed by atoms with Crippen molar-refractivity contribution in [2.45, 2.75) is 6.42 Å². The van der Waals surface area contributed by atoms with Crippen LogP contribution in [0.1, 0.15) is 5.56 Å². The molecule has 0 saturated carbocycles. The highest BCUT2D eigenvalue weighted by molar-refractivity contribution is 7.14. The second-order valence-electron chi connectivity index (χ2n) is 5.86. The molecule has 154 valence electrons. The van der Waals surface area contributed by atoms with Gasteiger partial charge in [0, 0.05) is 23.4 Å². The Labute approximate surface area is 188 Å². The standard InChI is InChI=1S/C18H11Cl3N4O4S/c19-11-4-2-10(7-13(11)21)15-8-30-18(22-15)24-23-14(17(26)27)5-9-1-3-12(20)16(6-9)25(28)29/h1-4,6-8H,5H2,(H,22,24)(H,26,27)/b23-14+. The largest absolute Gasteiger partial charge is 0.477 e. The molecule has 0 radical (unpaired) electrons. The topological polar surface area (TPSA) is 118 Å². The minimum Gasteiger partial charge on any atom is -0.477 e. The van der Waals surface area contributed by atoms with E-state index in [1.54, 1.807) is 23.6 Å². The van der Waals surface area contributed by atoms with Crippen LogP contribution >= 0.6 is 46.1 Å². The molecule has 2 N–H and O–H groups in total. The highest BCUT2D eigenvalue weighted by atomic mass is 35.5. The summed E-state index contributed by atoms with van der Waals surface area (Å²) in [5.41, 5.74) is 3.78. The number of halogens is 3. The average Bonchev–Trinajstić information content (AvgIpc) is 3.17. The summed E-state index contributed by atoms with van der Waals surface area (Å²) < 4.78 is 0. The highest BCUT2D eigenvalue weighted by Crippen LogP contribution is 2.30. The summed E-state index contributed by atoms with van der Waals surface area (Å²) >= 11 is 18.9. The Balaban J connectivity index is 1.78. The van der Waals surface area contributed by atoms with Crippen molar-refractivity contribution >= 4 is 68.6 Å². The van der Waals surface area contributed by atoms with E-state index in [0.717, 1.165) is 5.56 Å². The van der Waals surface area contributed by atoms with Gasteiger partial charge in [-0.3, -0.25) is 15.5 Å². The number of hydrogen-bond acceptors (Lipinski definition) is 7. The first-order valence-corrected chi connectivity index (χ1v) is 10.2. The molecule has 0 fully saturated rings. The molecule has 2 aromatic carbocycles. The minimum atomic E-state index is -1.28. The molecular weight excluding hydrogens is 475 g/mol. The van der Waals surface area contributed by atoms with Crippen molar-refractivity contribution in [3.8, 4) is 11.3 Å². The fourth-order valence-electron chi connectivity index (χ4n) is 2.39. The molecule has 0 unspecified atom stereocenters. The summed E-state index contributed by atoms with van der Waals surface area (Å²) in [6.45, 7) is 0. The molecule has 0 amide bonds. The van der Waals surface area contributed by atoms with Crippen LogP contribution in [0, 0.1) is 10.1 Å². The lowest BCUT2D eigenvalue weighted by molar-refractivity contribution is -0.384. The Morgan fingerprint density at radius 1 is 1.17 bits per heavy atom. The Kier molecular flexibility index (Phi) is 6.88. The zero-order chi connectivity index (χ0) is 21.8. The Morgan fingerprint density at radius 3 is 2.57 bits per heavy atom. The van der Waals surface area contributed by atoms with E-state index in [1.807, 2.05) is 0 Å². The number of nitro benzene ring substituents is 1. The first-order valence-electron chi connectivity index (χ1n) is 8.14. The van der Waals surface area contributed by atoms with Crippen molar-refractivity contribution in [1.82, 2.24) is 4.98 Å². The second kappa shape index (κ2) is 9.40. The van der Waals surface area contributed by atoms with Gasteiger partial charge < -0.3 is 5.11 Å². The zero-order valence-electron chi connectivity index (χ0n) is 14.8.